The Balaban J connectivity index is 2.17. The van der Waals surface area contributed by atoms with E-state index in [1.165, 1.54) is 11.8 Å². The van der Waals surface area contributed by atoms with E-state index in [1.807, 2.05) is 36.4 Å². The van der Waals surface area contributed by atoms with Crippen LogP contribution in [0.15, 0.2) is 42.5 Å². The molecule has 3 rings (SSSR count). The van der Waals surface area contributed by atoms with Crippen molar-refractivity contribution in [2.45, 2.75) is 44.6 Å². The topological polar surface area (TPSA) is 46.6 Å². The second-order valence-electron chi connectivity index (χ2n) is 8.72. The van der Waals surface area contributed by atoms with Gasteiger partial charge in [-0.2, -0.15) is 0 Å². The standard InChI is InChI=1S/C24H27Cl2NO3S/c1-5-30-21(28)13-20-23(29)27(14-24(2,3)4)19-11-10-15(25)12-17(19)22(31-20)16-8-6-7-9-18(16)26/h6-12,20,22H,5,13-14H2,1-4H3/t20-,22-/m1/s1. The molecule has 0 aromatic heterocycles. The number of esters is 1. The van der Waals surface area contributed by atoms with Crippen molar-refractivity contribution in [2.75, 3.05) is 18.1 Å². The van der Waals surface area contributed by atoms with Gasteiger partial charge in [-0.3, -0.25) is 9.59 Å². The normalized spacial score (nSPS) is 19.0. The third kappa shape index (κ3) is 5.76. The molecule has 0 radical (unpaired) electrons. The molecular weight excluding hydrogens is 453 g/mol. The van der Waals surface area contributed by atoms with Crippen LogP contribution in [0.1, 0.15) is 50.5 Å². The molecule has 2 aromatic carbocycles. The number of rotatable bonds is 5. The molecule has 0 spiro atoms. The Morgan fingerprint density at radius 1 is 1.13 bits per heavy atom. The molecule has 1 heterocycles. The number of fused-ring (bicyclic) bond motifs is 1. The Labute approximate surface area is 198 Å². The number of thioether (sulfide) groups is 1. The van der Waals surface area contributed by atoms with Crippen LogP contribution in [0.2, 0.25) is 10.0 Å². The zero-order valence-corrected chi connectivity index (χ0v) is 20.5. The molecule has 0 saturated heterocycles. The summed E-state index contributed by atoms with van der Waals surface area (Å²) in [5.41, 5.74) is 2.45. The summed E-state index contributed by atoms with van der Waals surface area (Å²) in [7, 11) is 0. The molecule has 2 aromatic rings. The highest BCUT2D eigenvalue weighted by Gasteiger charge is 2.39. The van der Waals surface area contributed by atoms with E-state index in [0.717, 1.165) is 16.8 Å². The molecule has 0 bridgehead atoms. The van der Waals surface area contributed by atoms with Crippen molar-refractivity contribution in [3.63, 3.8) is 0 Å². The maximum atomic E-state index is 13.7. The lowest BCUT2D eigenvalue weighted by Gasteiger charge is -2.31. The molecule has 31 heavy (non-hydrogen) atoms. The van der Waals surface area contributed by atoms with E-state index in [2.05, 4.69) is 20.8 Å². The lowest BCUT2D eigenvalue weighted by atomic mass is 9.94. The number of hydrogen-bond acceptors (Lipinski definition) is 4. The highest BCUT2D eigenvalue weighted by atomic mass is 35.5. The Morgan fingerprint density at radius 2 is 1.84 bits per heavy atom. The smallest absolute Gasteiger partial charge is 0.307 e. The van der Waals surface area contributed by atoms with E-state index < -0.39 is 5.25 Å². The first-order chi connectivity index (χ1) is 14.6. The van der Waals surface area contributed by atoms with E-state index in [0.29, 0.717) is 16.6 Å². The molecule has 2 atom stereocenters. The monoisotopic (exact) mass is 479 g/mol. The fourth-order valence-corrected chi connectivity index (χ4v) is 5.62. The first-order valence-corrected chi connectivity index (χ1v) is 12.0. The fourth-order valence-electron chi connectivity index (χ4n) is 3.64. The van der Waals surface area contributed by atoms with Gasteiger partial charge >= 0.3 is 5.97 Å². The number of nitrogens with zero attached hydrogens (tertiary/aromatic N) is 1. The quantitative estimate of drug-likeness (QED) is 0.457. The number of amides is 1. The van der Waals surface area contributed by atoms with Crippen LogP contribution in [-0.2, 0) is 14.3 Å². The largest absolute Gasteiger partial charge is 0.466 e. The van der Waals surface area contributed by atoms with Gasteiger partial charge in [-0.15, -0.1) is 11.8 Å². The number of carbonyl (C=O) groups is 2. The van der Waals surface area contributed by atoms with Gasteiger partial charge in [0.25, 0.3) is 0 Å². The Kier molecular flexibility index (Phi) is 7.61. The van der Waals surface area contributed by atoms with E-state index >= 15 is 0 Å². The summed E-state index contributed by atoms with van der Waals surface area (Å²) in [5, 5.41) is 0.338. The average Bonchev–Trinajstić information content (AvgIpc) is 2.78. The number of benzene rings is 2. The molecule has 0 unspecified atom stereocenters. The molecule has 0 saturated carbocycles. The van der Waals surface area contributed by atoms with Crippen LogP contribution in [0.25, 0.3) is 0 Å². The van der Waals surface area contributed by atoms with Gasteiger partial charge in [0, 0.05) is 22.3 Å². The zero-order valence-electron chi connectivity index (χ0n) is 18.2. The number of hydrogen-bond donors (Lipinski definition) is 0. The van der Waals surface area contributed by atoms with Crippen molar-refractivity contribution in [1.82, 2.24) is 0 Å². The van der Waals surface area contributed by atoms with Crippen molar-refractivity contribution in [3.05, 3.63) is 63.6 Å². The maximum Gasteiger partial charge on any atom is 0.307 e. The summed E-state index contributed by atoms with van der Waals surface area (Å²) in [4.78, 5) is 27.8. The van der Waals surface area contributed by atoms with Gasteiger partial charge in [-0.05, 0) is 47.7 Å². The van der Waals surface area contributed by atoms with Crippen molar-refractivity contribution in [2.24, 2.45) is 5.41 Å². The molecule has 1 aliphatic heterocycles. The number of carbonyl (C=O) groups excluding carboxylic acids is 2. The maximum absolute atomic E-state index is 13.7. The van der Waals surface area contributed by atoms with E-state index in [1.54, 1.807) is 17.9 Å². The number of halogens is 2. The minimum Gasteiger partial charge on any atom is -0.466 e. The van der Waals surface area contributed by atoms with Crippen LogP contribution >= 0.6 is 35.0 Å². The van der Waals surface area contributed by atoms with Crippen LogP contribution in [0.5, 0.6) is 0 Å². The Morgan fingerprint density at radius 3 is 2.48 bits per heavy atom. The second kappa shape index (κ2) is 9.85. The first kappa shape index (κ1) is 24.0. The second-order valence-corrected chi connectivity index (χ2v) is 10.9. The number of anilines is 1. The Hall–Kier alpha value is -1.69. The van der Waals surface area contributed by atoms with Gasteiger partial charge in [0.2, 0.25) is 5.91 Å². The third-order valence-electron chi connectivity index (χ3n) is 4.88. The molecule has 7 heteroatoms. The number of ether oxygens (including phenoxy) is 1. The summed E-state index contributed by atoms with van der Waals surface area (Å²) in [6.45, 7) is 8.80. The molecule has 0 N–H and O–H groups in total. The van der Waals surface area contributed by atoms with Crippen LogP contribution < -0.4 is 4.90 Å². The Bertz CT molecular complexity index is 974. The minimum absolute atomic E-state index is 0.000651. The predicted molar refractivity (Wildman–Crippen MR) is 129 cm³/mol. The van der Waals surface area contributed by atoms with Crippen molar-refractivity contribution >= 4 is 52.5 Å². The summed E-state index contributed by atoms with van der Waals surface area (Å²) >= 11 is 14.4. The van der Waals surface area contributed by atoms with Gasteiger partial charge in [0.15, 0.2) is 0 Å². The van der Waals surface area contributed by atoms with Gasteiger partial charge < -0.3 is 9.64 Å². The predicted octanol–water partition coefficient (Wildman–Crippen LogP) is 6.53. The summed E-state index contributed by atoms with van der Waals surface area (Å²) in [6, 6.07) is 13.2. The summed E-state index contributed by atoms with van der Waals surface area (Å²) in [5.74, 6) is -0.489. The summed E-state index contributed by atoms with van der Waals surface area (Å²) < 4.78 is 5.16. The van der Waals surface area contributed by atoms with Crippen molar-refractivity contribution in [1.29, 1.82) is 0 Å². The third-order valence-corrected chi connectivity index (χ3v) is 6.94. The molecule has 0 fully saturated rings. The lowest BCUT2D eigenvalue weighted by molar-refractivity contribution is -0.144. The SMILES string of the molecule is CCOC(=O)C[C@H]1S[C@H](c2ccccc2Cl)c2cc(Cl)ccc2N(CC(C)(C)C)C1=O. The first-order valence-electron chi connectivity index (χ1n) is 10.3. The van der Waals surface area contributed by atoms with Gasteiger partial charge in [0.05, 0.1) is 23.5 Å². The minimum atomic E-state index is -0.603. The molecule has 1 aliphatic rings. The van der Waals surface area contributed by atoms with Crippen molar-refractivity contribution in [3.8, 4) is 0 Å². The lowest BCUT2D eigenvalue weighted by Crippen LogP contribution is -2.42. The highest BCUT2D eigenvalue weighted by molar-refractivity contribution is 8.01. The highest BCUT2D eigenvalue weighted by Crippen LogP contribution is 2.49. The van der Waals surface area contributed by atoms with Gasteiger partial charge in [-0.25, -0.2) is 0 Å². The van der Waals surface area contributed by atoms with Crippen LogP contribution in [-0.4, -0.2) is 30.3 Å². The fraction of sp³-hybridized carbons (Fsp3) is 0.417. The molecule has 4 nitrogen and oxygen atoms in total. The zero-order chi connectivity index (χ0) is 22.8. The molecular formula is C24H27Cl2NO3S. The van der Waals surface area contributed by atoms with Crippen LogP contribution in [0.4, 0.5) is 5.69 Å². The van der Waals surface area contributed by atoms with E-state index in [4.69, 9.17) is 27.9 Å². The van der Waals surface area contributed by atoms with Crippen LogP contribution in [0, 0.1) is 5.41 Å². The van der Waals surface area contributed by atoms with E-state index in [-0.39, 0.29) is 35.6 Å². The van der Waals surface area contributed by atoms with Crippen LogP contribution in [0.3, 0.4) is 0 Å². The molecule has 166 valence electrons. The van der Waals surface area contributed by atoms with Gasteiger partial charge in [0.1, 0.15) is 0 Å². The van der Waals surface area contributed by atoms with Crippen molar-refractivity contribution < 1.29 is 14.3 Å². The summed E-state index contributed by atoms with van der Waals surface area (Å²) in [6.07, 6.45) is 0.000651. The molecule has 1 amide bonds. The van der Waals surface area contributed by atoms with E-state index in [9.17, 15) is 9.59 Å². The molecule has 0 aliphatic carbocycles. The van der Waals surface area contributed by atoms with Gasteiger partial charge in [-0.1, -0.05) is 62.2 Å². The average molecular weight is 480 g/mol.